The van der Waals surface area contributed by atoms with Crippen molar-refractivity contribution in [3.8, 4) is 0 Å². The minimum Gasteiger partial charge on any atom is -0.543 e. The largest absolute Gasteiger partial charge is 0.543 e. The third kappa shape index (κ3) is 3.67. The fraction of sp³-hybridized carbons (Fsp3) is 0.400. The quantitative estimate of drug-likeness (QED) is 0.146. The molecule has 3 aliphatic heterocycles. The molecular weight excluding hydrogens is 482 g/mol. The van der Waals surface area contributed by atoms with E-state index in [0.717, 1.165) is 30.8 Å². The Hall–Kier alpha value is -3.23. The van der Waals surface area contributed by atoms with Crippen LogP contribution in [0.25, 0.3) is 0 Å². The van der Waals surface area contributed by atoms with Crippen LogP contribution in [0.15, 0.2) is 40.0 Å². The Kier molecular flexibility index (Phi) is 5.45. The Balaban J connectivity index is 1.34. The lowest BCUT2D eigenvalue weighted by Gasteiger charge is -2.51. The highest BCUT2D eigenvalue weighted by Crippen LogP contribution is 2.43. The highest BCUT2D eigenvalue weighted by Gasteiger charge is 2.54. The fourth-order valence-electron chi connectivity index (χ4n) is 4.86. The van der Waals surface area contributed by atoms with E-state index in [9.17, 15) is 24.7 Å². The molecule has 1 saturated heterocycles. The number of rotatable bonds is 6. The molecule has 5 rings (SSSR count). The first-order valence-electron chi connectivity index (χ1n) is 10.5. The average Bonchev–Trinajstić information content (AvgIpc) is 3.47. The van der Waals surface area contributed by atoms with Gasteiger partial charge >= 0.3 is 0 Å². The van der Waals surface area contributed by atoms with Crippen LogP contribution < -0.4 is 16.2 Å². The van der Waals surface area contributed by atoms with Crippen LogP contribution in [-0.2, 0) is 14.4 Å². The van der Waals surface area contributed by atoms with Gasteiger partial charge < -0.3 is 26.2 Å². The summed E-state index contributed by atoms with van der Waals surface area (Å²) in [5, 5.41) is 26.2. The lowest BCUT2D eigenvalue weighted by Crippen LogP contribution is -2.71. The van der Waals surface area contributed by atoms with E-state index < -0.39 is 34.9 Å². The van der Waals surface area contributed by atoms with Crippen molar-refractivity contribution in [3.05, 3.63) is 40.6 Å². The number of β-lactam (4-membered cyclic amide) rings is 1. The summed E-state index contributed by atoms with van der Waals surface area (Å²) < 4.78 is 4.28. The average molecular weight is 504 g/mol. The first-order valence-corrected chi connectivity index (χ1v) is 12.3. The fourth-order valence-corrected chi connectivity index (χ4v) is 6.63. The summed E-state index contributed by atoms with van der Waals surface area (Å²) in [7, 11) is 2.00. The number of thioether (sulfide) groups is 1. The maximum atomic E-state index is 12.9. The molecule has 1 aromatic heterocycles. The van der Waals surface area contributed by atoms with E-state index in [-0.39, 0.29) is 16.7 Å². The van der Waals surface area contributed by atoms with Gasteiger partial charge in [-0.1, -0.05) is 5.16 Å². The van der Waals surface area contributed by atoms with Crippen LogP contribution in [0.3, 0.4) is 0 Å². The van der Waals surface area contributed by atoms with Crippen LogP contribution in [0.1, 0.15) is 25.1 Å². The third-order valence-corrected chi connectivity index (χ3v) is 8.12. The third-order valence-electron chi connectivity index (χ3n) is 6.23. The number of carboxylic acid groups (broad SMARTS) is 1. The van der Waals surface area contributed by atoms with Gasteiger partial charge in [0.2, 0.25) is 11.5 Å². The van der Waals surface area contributed by atoms with Crippen LogP contribution in [0.4, 0.5) is 5.13 Å². The number of nitrogens with two attached hydrogens (primary N) is 1. The van der Waals surface area contributed by atoms with E-state index in [2.05, 4.69) is 32.2 Å². The first kappa shape index (κ1) is 22.6. The topological polar surface area (TPSA) is 174 Å². The van der Waals surface area contributed by atoms with Crippen molar-refractivity contribution in [2.75, 3.05) is 25.1 Å². The summed E-state index contributed by atoms with van der Waals surface area (Å²) >= 11 is 2.18. The maximum absolute atomic E-state index is 12.9. The second kappa shape index (κ2) is 8.21. The number of hydrogen-bond acceptors (Lipinski definition) is 11. The Morgan fingerprint density at radius 1 is 1.38 bits per heavy atom. The van der Waals surface area contributed by atoms with Gasteiger partial charge in [-0.25, -0.2) is 0 Å². The van der Waals surface area contributed by atoms with E-state index >= 15 is 0 Å². The lowest BCUT2D eigenvalue weighted by molar-refractivity contribution is -0.799. The summed E-state index contributed by atoms with van der Waals surface area (Å²) in [6, 6.07) is -0.999. The Morgan fingerprint density at radius 2 is 2.09 bits per heavy atom. The normalized spacial score (nSPS) is 25.4. The SMILES string of the molecule is C[N+]1(CC2=C(C(=O)[O-])N3C(=O)[C@@H](NC(=O)/C(=N\O)c4nsc(N)n4)[C@H]3SC2)C=C2CCCC2=C1. The molecule has 0 unspecified atom stereocenters. The molecule has 0 aromatic carbocycles. The highest BCUT2D eigenvalue weighted by molar-refractivity contribution is 8.00. The number of allylic oxidation sites excluding steroid dienone is 2. The summed E-state index contributed by atoms with van der Waals surface area (Å²) in [6.45, 7) is 0.412. The van der Waals surface area contributed by atoms with Crippen LogP contribution in [0.2, 0.25) is 0 Å². The summed E-state index contributed by atoms with van der Waals surface area (Å²) in [5.41, 5.74) is 8.09. The second-order valence-corrected chi connectivity index (χ2v) is 10.6. The number of nitrogens with zero attached hydrogens (tertiary/aromatic N) is 5. The Morgan fingerprint density at radius 3 is 2.68 bits per heavy atom. The van der Waals surface area contributed by atoms with Gasteiger partial charge in [0.25, 0.3) is 11.8 Å². The number of hydrogen-bond donors (Lipinski definition) is 3. The van der Waals surface area contributed by atoms with Crippen LogP contribution in [0, 0.1) is 0 Å². The number of likely N-dealkylation sites (N-methyl/N-ethyl adjacent to an activating group) is 1. The van der Waals surface area contributed by atoms with Gasteiger partial charge in [-0.2, -0.15) is 9.36 Å². The van der Waals surface area contributed by atoms with E-state index in [1.807, 2.05) is 7.05 Å². The molecule has 12 nitrogen and oxygen atoms in total. The monoisotopic (exact) mass is 503 g/mol. The zero-order valence-corrected chi connectivity index (χ0v) is 19.7. The Bertz CT molecular complexity index is 1210. The van der Waals surface area contributed by atoms with E-state index in [0.29, 0.717) is 22.4 Å². The maximum Gasteiger partial charge on any atom is 0.278 e. The number of oxime groups is 1. The zero-order valence-electron chi connectivity index (χ0n) is 18.1. The number of nitrogen functional groups attached to an aromatic ring is 1. The van der Waals surface area contributed by atoms with Crippen LogP contribution in [0.5, 0.6) is 0 Å². The van der Waals surface area contributed by atoms with Crippen molar-refractivity contribution in [1.82, 2.24) is 19.6 Å². The van der Waals surface area contributed by atoms with Crippen LogP contribution in [-0.4, -0.2) is 78.2 Å². The molecule has 1 aromatic rings. The number of fused-ring (bicyclic) bond motifs is 2. The standard InChI is InChI=1S/C20H21N7O5S2/c1-27(5-9-3-2-4-10(9)6-27)7-11-8-33-18-13(17(29)26(18)14(11)19(30)31)22-16(28)12(24-32)15-23-20(21)34-25-15/h5-6,13,18H,2-4,7-8H2,1H3,(H4-,21,22,23,25,28,30,31,32)/t13-,18-/m1/s1. The van der Waals surface area contributed by atoms with Gasteiger partial charge in [0.1, 0.15) is 30.4 Å². The molecule has 1 saturated carbocycles. The van der Waals surface area contributed by atoms with Crippen LogP contribution >= 0.6 is 23.3 Å². The zero-order chi connectivity index (χ0) is 24.2. The smallest absolute Gasteiger partial charge is 0.278 e. The van der Waals surface area contributed by atoms with Gasteiger partial charge in [-0.15, -0.1) is 11.8 Å². The highest BCUT2D eigenvalue weighted by atomic mass is 32.2. The molecule has 4 heterocycles. The van der Waals surface area contributed by atoms with E-state index in [1.165, 1.54) is 27.8 Å². The second-order valence-electron chi connectivity index (χ2n) is 8.67. The molecule has 4 N–H and O–H groups in total. The minimum atomic E-state index is -1.43. The molecule has 34 heavy (non-hydrogen) atoms. The number of aromatic nitrogens is 2. The number of carbonyl (C=O) groups excluding carboxylic acids is 3. The molecular formula is C20H21N7O5S2. The summed E-state index contributed by atoms with van der Waals surface area (Å²) in [4.78, 5) is 42.6. The van der Waals surface area contributed by atoms with Crippen molar-refractivity contribution >= 4 is 51.9 Å². The van der Waals surface area contributed by atoms with Gasteiger partial charge in [-0.05, 0) is 19.3 Å². The van der Waals surface area contributed by atoms with Crippen molar-refractivity contribution < 1.29 is 29.2 Å². The van der Waals surface area contributed by atoms with E-state index in [1.54, 1.807) is 0 Å². The Labute approximate surface area is 202 Å². The number of anilines is 1. The summed E-state index contributed by atoms with van der Waals surface area (Å²) in [6.07, 6.45) is 7.48. The number of nitrogens with one attached hydrogen (secondary N) is 1. The summed E-state index contributed by atoms with van der Waals surface area (Å²) in [5.74, 6) is -2.68. The predicted octanol–water partition coefficient (Wildman–Crippen LogP) is -0.886. The molecule has 0 spiro atoms. The number of aliphatic carboxylic acids is 1. The van der Waals surface area contributed by atoms with Gasteiger partial charge in [0.05, 0.1) is 18.7 Å². The molecule has 0 bridgehead atoms. The van der Waals surface area contributed by atoms with Gasteiger partial charge in [0.15, 0.2) is 5.13 Å². The lowest BCUT2D eigenvalue weighted by atomic mass is 10.0. The van der Waals surface area contributed by atoms with E-state index in [4.69, 9.17) is 5.73 Å². The number of quaternary nitrogens is 1. The molecule has 2 amide bonds. The number of carbonyl (C=O) groups is 3. The molecule has 0 radical (unpaired) electrons. The van der Waals surface area contributed by atoms with Crippen molar-refractivity contribution in [1.29, 1.82) is 0 Å². The first-order chi connectivity index (χ1) is 16.2. The predicted molar refractivity (Wildman–Crippen MR) is 121 cm³/mol. The number of amides is 2. The molecule has 14 heteroatoms. The minimum absolute atomic E-state index is 0.0817. The number of carboxylic acids is 1. The molecule has 2 atom stereocenters. The molecule has 4 aliphatic rings. The molecule has 1 aliphatic carbocycles. The molecule has 178 valence electrons. The molecule has 2 fully saturated rings. The van der Waals surface area contributed by atoms with Crippen molar-refractivity contribution in [3.63, 3.8) is 0 Å². The van der Waals surface area contributed by atoms with Crippen molar-refractivity contribution in [2.24, 2.45) is 5.16 Å². The van der Waals surface area contributed by atoms with Gasteiger partial charge in [0, 0.05) is 34.0 Å². The van der Waals surface area contributed by atoms with Gasteiger partial charge in [-0.3, -0.25) is 19.0 Å². The van der Waals surface area contributed by atoms with Crippen molar-refractivity contribution in [2.45, 2.75) is 30.7 Å².